The van der Waals surface area contributed by atoms with E-state index in [0.29, 0.717) is 24.8 Å². The van der Waals surface area contributed by atoms with Crippen molar-refractivity contribution < 1.29 is 9.13 Å². The number of rotatable bonds is 4. The van der Waals surface area contributed by atoms with E-state index in [1.165, 1.54) is 12.5 Å². The van der Waals surface area contributed by atoms with Gasteiger partial charge in [-0.05, 0) is 37.0 Å². The van der Waals surface area contributed by atoms with E-state index < -0.39 is 0 Å². The van der Waals surface area contributed by atoms with Gasteiger partial charge in [0, 0.05) is 12.1 Å². The van der Waals surface area contributed by atoms with Crippen LogP contribution in [0.2, 0.25) is 0 Å². The number of nitrogens with two attached hydrogens (primary N) is 1. The third-order valence-corrected chi connectivity index (χ3v) is 2.87. The monoisotopic (exact) mass is 209 g/mol. The van der Waals surface area contributed by atoms with Gasteiger partial charge in [-0.25, -0.2) is 4.39 Å². The first-order valence-electron chi connectivity index (χ1n) is 5.38. The van der Waals surface area contributed by atoms with Crippen LogP contribution >= 0.6 is 0 Å². The lowest BCUT2D eigenvalue weighted by Crippen LogP contribution is -2.21. The number of halogens is 1. The Balaban J connectivity index is 1.98. The van der Waals surface area contributed by atoms with Gasteiger partial charge in [0.2, 0.25) is 0 Å². The highest BCUT2D eigenvalue weighted by molar-refractivity contribution is 5.24. The van der Waals surface area contributed by atoms with Gasteiger partial charge >= 0.3 is 0 Å². The summed E-state index contributed by atoms with van der Waals surface area (Å²) in [4.78, 5) is 0. The molecule has 2 N–H and O–H groups in total. The Morgan fingerprint density at radius 3 is 2.80 bits per heavy atom. The molecule has 0 amide bonds. The molecule has 1 aliphatic carbocycles. The van der Waals surface area contributed by atoms with Crippen LogP contribution in [0.4, 0.5) is 4.39 Å². The van der Waals surface area contributed by atoms with Gasteiger partial charge in [-0.1, -0.05) is 6.07 Å². The Hall–Kier alpha value is -0.930. The summed E-state index contributed by atoms with van der Waals surface area (Å²) in [6, 6.07) is 4.96. The minimum absolute atomic E-state index is 0.202. The largest absolute Gasteiger partial charge is 0.373 e. The molecule has 0 heterocycles. The number of hydrogen-bond donors (Lipinski definition) is 1. The third-order valence-electron chi connectivity index (χ3n) is 2.87. The molecular formula is C12H16FNO. The van der Waals surface area contributed by atoms with Crippen LogP contribution in [0.3, 0.4) is 0 Å². The predicted molar refractivity (Wildman–Crippen MR) is 56.7 cm³/mol. The van der Waals surface area contributed by atoms with E-state index >= 15 is 0 Å². The average Bonchev–Trinajstić information content (AvgIpc) is 2.18. The molecule has 0 aliphatic heterocycles. The van der Waals surface area contributed by atoms with Crippen LogP contribution in [0, 0.1) is 5.82 Å². The summed E-state index contributed by atoms with van der Waals surface area (Å²) in [5, 5.41) is 0. The van der Waals surface area contributed by atoms with Crippen molar-refractivity contribution in [3.63, 3.8) is 0 Å². The van der Waals surface area contributed by atoms with E-state index in [-0.39, 0.29) is 5.82 Å². The molecule has 0 radical (unpaired) electrons. The van der Waals surface area contributed by atoms with Crippen LogP contribution in [-0.2, 0) is 17.9 Å². The molecule has 15 heavy (non-hydrogen) atoms. The fourth-order valence-electron chi connectivity index (χ4n) is 1.61. The lowest BCUT2D eigenvalue weighted by atomic mass is 9.96. The van der Waals surface area contributed by atoms with E-state index in [1.807, 2.05) is 0 Å². The molecular weight excluding hydrogens is 193 g/mol. The topological polar surface area (TPSA) is 35.2 Å². The van der Waals surface area contributed by atoms with Gasteiger partial charge in [-0.3, -0.25) is 0 Å². The predicted octanol–water partition coefficient (Wildman–Crippen LogP) is 2.35. The second-order valence-electron chi connectivity index (χ2n) is 3.99. The van der Waals surface area contributed by atoms with Gasteiger partial charge < -0.3 is 10.5 Å². The maximum atomic E-state index is 13.4. The van der Waals surface area contributed by atoms with Crippen LogP contribution in [-0.4, -0.2) is 6.10 Å². The van der Waals surface area contributed by atoms with Gasteiger partial charge in [0.15, 0.2) is 0 Å². The van der Waals surface area contributed by atoms with E-state index in [9.17, 15) is 4.39 Å². The summed E-state index contributed by atoms with van der Waals surface area (Å²) in [5.41, 5.74) is 7.06. The molecule has 0 aromatic heterocycles. The zero-order valence-electron chi connectivity index (χ0n) is 8.71. The summed E-state index contributed by atoms with van der Waals surface area (Å²) in [6.45, 7) is 0.807. The summed E-state index contributed by atoms with van der Waals surface area (Å²) in [6.07, 6.45) is 3.79. The Labute approximate surface area is 89.2 Å². The van der Waals surface area contributed by atoms with Crippen molar-refractivity contribution in [1.82, 2.24) is 0 Å². The van der Waals surface area contributed by atoms with Crippen molar-refractivity contribution in [3.05, 3.63) is 35.1 Å². The highest BCUT2D eigenvalue weighted by Crippen LogP contribution is 2.23. The lowest BCUT2D eigenvalue weighted by Gasteiger charge is -2.25. The molecule has 3 heteroatoms. The number of ether oxygens (including phenoxy) is 1. The highest BCUT2D eigenvalue weighted by atomic mass is 19.1. The summed E-state index contributed by atoms with van der Waals surface area (Å²) in [5.74, 6) is -0.202. The van der Waals surface area contributed by atoms with E-state index in [0.717, 1.165) is 18.4 Å². The minimum Gasteiger partial charge on any atom is -0.373 e. The normalized spacial score (nSPS) is 16.4. The highest BCUT2D eigenvalue weighted by Gasteiger charge is 2.18. The molecule has 0 spiro atoms. The zero-order chi connectivity index (χ0) is 10.7. The second kappa shape index (κ2) is 4.73. The summed E-state index contributed by atoms with van der Waals surface area (Å²) >= 11 is 0. The van der Waals surface area contributed by atoms with Crippen LogP contribution in [0.15, 0.2) is 18.2 Å². The number of hydrogen-bond acceptors (Lipinski definition) is 2. The Kier molecular flexibility index (Phi) is 3.34. The molecule has 1 fully saturated rings. The quantitative estimate of drug-likeness (QED) is 0.826. The van der Waals surface area contributed by atoms with Gasteiger partial charge in [-0.2, -0.15) is 0 Å². The van der Waals surface area contributed by atoms with Crippen LogP contribution in [0.1, 0.15) is 30.4 Å². The molecule has 82 valence electrons. The SMILES string of the molecule is NCc1ccc(F)c(COC2CCC2)c1. The van der Waals surface area contributed by atoms with Gasteiger partial charge in [0.25, 0.3) is 0 Å². The molecule has 1 saturated carbocycles. The first kappa shape index (κ1) is 10.6. The smallest absolute Gasteiger partial charge is 0.128 e. The van der Waals surface area contributed by atoms with Gasteiger partial charge in [0.1, 0.15) is 5.82 Å². The molecule has 0 saturated heterocycles. The Morgan fingerprint density at radius 1 is 1.40 bits per heavy atom. The zero-order valence-corrected chi connectivity index (χ0v) is 8.71. The molecule has 1 aromatic carbocycles. The van der Waals surface area contributed by atoms with Crippen molar-refractivity contribution in [1.29, 1.82) is 0 Å². The Morgan fingerprint density at radius 2 is 2.20 bits per heavy atom. The van der Waals surface area contributed by atoms with Crippen molar-refractivity contribution in [2.45, 2.75) is 38.5 Å². The van der Waals surface area contributed by atoms with Crippen molar-refractivity contribution in [3.8, 4) is 0 Å². The maximum absolute atomic E-state index is 13.4. The lowest BCUT2D eigenvalue weighted by molar-refractivity contribution is -0.00978. The van der Waals surface area contributed by atoms with Crippen molar-refractivity contribution in [2.24, 2.45) is 5.73 Å². The van der Waals surface area contributed by atoms with Crippen LogP contribution < -0.4 is 5.73 Å². The average molecular weight is 209 g/mol. The fraction of sp³-hybridized carbons (Fsp3) is 0.500. The fourth-order valence-corrected chi connectivity index (χ4v) is 1.61. The minimum atomic E-state index is -0.202. The van der Waals surface area contributed by atoms with E-state index in [1.54, 1.807) is 12.1 Å². The van der Waals surface area contributed by atoms with Crippen LogP contribution in [0.5, 0.6) is 0 Å². The van der Waals surface area contributed by atoms with Gasteiger partial charge in [0.05, 0.1) is 12.7 Å². The van der Waals surface area contributed by atoms with Crippen molar-refractivity contribution >= 4 is 0 Å². The molecule has 2 nitrogen and oxygen atoms in total. The molecule has 0 atom stereocenters. The van der Waals surface area contributed by atoms with Gasteiger partial charge in [-0.15, -0.1) is 0 Å². The summed E-state index contributed by atoms with van der Waals surface area (Å²) < 4.78 is 18.9. The van der Waals surface area contributed by atoms with Crippen LogP contribution in [0.25, 0.3) is 0 Å². The molecule has 0 unspecified atom stereocenters. The second-order valence-corrected chi connectivity index (χ2v) is 3.99. The summed E-state index contributed by atoms with van der Waals surface area (Å²) in [7, 11) is 0. The first-order valence-corrected chi connectivity index (χ1v) is 5.38. The third kappa shape index (κ3) is 2.55. The standard InChI is InChI=1S/C12H16FNO/c13-12-5-4-9(7-14)6-10(12)8-15-11-2-1-3-11/h4-6,11H,1-3,7-8,14H2. The Bertz CT molecular complexity index is 336. The first-order chi connectivity index (χ1) is 7.29. The molecule has 0 bridgehead atoms. The molecule has 1 aromatic rings. The van der Waals surface area contributed by atoms with E-state index in [4.69, 9.17) is 10.5 Å². The van der Waals surface area contributed by atoms with Crippen molar-refractivity contribution in [2.75, 3.05) is 0 Å². The number of benzene rings is 1. The maximum Gasteiger partial charge on any atom is 0.128 e. The molecule has 2 rings (SSSR count). The van der Waals surface area contributed by atoms with E-state index in [2.05, 4.69) is 0 Å². The molecule has 1 aliphatic rings.